The molecule has 14 heavy (non-hydrogen) atoms. The molecule has 0 fully saturated rings. The molecule has 0 radical (unpaired) electrons. The number of aromatic hydroxyl groups is 1. The summed E-state index contributed by atoms with van der Waals surface area (Å²) in [7, 11) is 1.39. The highest BCUT2D eigenvalue weighted by Gasteiger charge is 2.12. The standard InChI is InChI=1S/C8H8O5S/c1-13-5-2-3-6(7(9)4-5)8(10)14(11)12/h2-4,9H,1H3,(H,11,12)/p-1. The van der Waals surface area contributed by atoms with Gasteiger partial charge in [-0.1, -0.05) is 0 Å². The van der Waals surface area contributed by atoms with E-state index in [1.807, 2.05) is 0 Å². The van der Waals surface area contributed by atoms with E-state index in [1.54, 1.807) is 0 Å². The Morgan fingerprint density at radius 2 is 2.21 bits per heavy atom. The van der Waals surface area contributed by atoms with Crippen molar-refractivity contribution in [3.05, 3.63) is 23.8 Å². The molecular weight excluding hydrogens is 208 g/mol. The second-order valence-electron chi connectivity index (χ2n) is 2.41. The van der Waals surface area contributed by atoms with Gasteiger partial charge in [0.05, 0.1) is 12.7 Å². The summed E-state index contributed by atoms with van der Waals surface area (Å²) in [4.78, 5) is 11.0. The van der Waals surface area contributed by atoms with E-state index in [0.717, 1.165) is 0 Å². The fourth-order valence-electron chi connectivity index (χ4n) is 0.901. The van der Waals surface area contributed by atoms with Crippen LogP contribution in [-0.4, -0.2) is 26.1 Å². The smallest absolute Gasteiger partial charge is 0.239 e. The molecule has 76 valence electrons. The maximum absolute atomic E-state index is 11.0. The van der Waals surface area contributed by atoms with E-state index in [4.69, 9.17) is 4.74 Å². The molecule has 1 unspecified atom stereocenters. The number of carbonyl (C=O) groups excluding carboxylic acids is 1. The highest BCUT2D eigenvalue weighted by atomic mass is 32.2. The maximum atomic E-state index is 11.0. The Morgan fingerprint density at radius 3 is 2.64 bits per heavy atom. The van der Waals surface area contributed by atoms with Crippen LogP contribution in [0, 0.1) is 0 Å². The zero-order chi connectivity index (χ0) is 10.7. The minimum absolute atomic E-state index is 0.265. The predicted molar refractivity (Wildman–Crippen MR) is 47.9 cm³/mol. The van der Waals surface area contributed by atoms with Crippen LogP contribution in [0.3, 0.4) is 0 Å². The van der Waals surface area contributed by atoms with Crippen molar-refractivity contribution in [1.29, 1.82) is 0 Å². The minimum Gasteiger partial charge on any atom is -0.766 e. The summed E-state index contributed by atoms with van der Waals surface area (Å²) < 4.78 is 25.4. The summed E-state index contributed by atoms with van der Waals surface area (Å²) in [5, 5.41) is 8.12. The first-order valence-corrected chi connectivity index (χ1v) is 4.64. The molecule has 0 aromatic heterocycles. The van der Waals surface area contributed by atoms with Gasteiger partial charge in [-0.05, 0) is 12.1 Å². The van der Waals surface area contributed by atoms with Crippen LogP contribution in [-0.2, 0) is 11.1 Å². The number of benzene rings is 1. The van der Waals surface area contributed by atoms with Crippen LogP contribution in [0.2, 0.25) is 0 Å². The van der Waals surface area contributed by atoms with Crippen molar-refractivity contribution in [3.63, 3.8) is 0 Å². The molecule has 0 heterocycles. The lowest BCUT2D eigenvalue weighted by atomic mass is 10.2. The highest BCUT2D eigenvalue weighted by molar-refractivity contribution is 7.95. The van der Waals surface area contributed by atoms with Crippen molar-refractivity contribution in [2.24, 2.45) is 0 Å². The maximum Gasteiger partial charge on any atom is 0.239 e. The fourth-order valence-corrected chi connectivity index (χ4v) is 1.25. The first-order valence-electron chi connectivity index (χ1n) is 3.57. The summed E-state index contributed by atoms with van der Waals surface area (Å²) in [6.07, 6.45) is 0. The van der Waals surface area contributed by atoms with Gasteiger partial charge < -0.3 is 14.4 Å². The van der Waals surface area contributed by atoms with Crippen LogP contribution in [0.25, 0.3) is 0 Å². The van der Waals surface area contributed by atoms with E-state index in [2.05, 4.69) is 0 Å². The van der Waals surface area contributed by atoms with Crippen LogP contribution in [0.4, 0.5) is 0 Å². The molecule has 0 spiro atoms. The van der Waals surface area contributed by atoms with E-state index in [1.165, 1.54) is 25.3 Å². The fraction of sp³-hybridized carbons (Fsp3) is 0.125. The topological polar surface area (TPSA) is 86.7 Å². The van der Waals surface area contributed by atoms with Gasteiger partial charge in [0.15, 0.2) is 0 Å². The molecule has 1 aromatic rings. The van der Waals surface area contributed by atoms with Gasteiger partial charge in [0, 0.05) is 17.1 Å². The molecule has 0 saturated heterocycles. The van der Waals surface area contributed by atoms with Gasteiger partial charge in [0.2, 0.25) is 5.12 Å². The molecule has 0 aliphatic carbocycles. The summed E-state index contributed by atoms with van der Waals surface area (Å²) in [5.74, 6) is -0.0747. The van der Waals surface area contributed by atoms with Crippen molar-refractivity contribution in [2.75, 3.05) is 7.11 Å². The highest BCUT2D eigenvalue weighted by Crippen LogP contribution is 2.24. The number of hydrogen-bond acceptors (Lipinski definition) is 5. The normalized spacial score (nSPS) is 12.1. The second kappa shape index (κ2) is 4.21. The average molecular weight is 215 g/mol. The van der Waals surface area contributed by atoms with E-state index in [9.17, 15) is 18.7 Å². The molecule has 1 N–H and O–H groups in total. The number of rotatable bonds is 2. The van der Waals surface area contributed by atoms with Gasteiger partial charge in [-0.3, -0.25) is 9.00 Å². The first kappa shape index (κ1) is 10.7. The second-order valence-corrected chi connectivity index (χ2v) is 3.25. The summed E-state index contributed by atoms with van der Waals surface area (Å²) in [5.41, 5.74) is -0.265. The van der Waals surface area contributed by atoms with Crippen LogP contribution in [0.1, 0.15) is 10.4 Å². The van der Waals surface area contributed by atoms with Gasteiger partial charge in [0.1, 0.15) is 11.5 Å². The van der Waals surface area contributed by atoms with Crippen LogP contribution in [0.15, 0.2) is 18.2 Å². The van der Waals surface area contributed by atoms with Gasteiger partial charge in [-0.2, -0.15) is 0 Å². The summed E-state index contributed by atoms with van der Waals surface area (Å²) in [6.45, 7) is 0. The van der Waals surface area contributed by atoms with Crippen LogP contribution in [0.5, 0.6) is 11.5 Å². The lowest BCUT2D eigenvalue weighted by Crippen LogP contribution is -2.06. The minimum atomic E-state index is -2.87. The molecule has 1 aromatic carbocycles. The SMILES string of the molecule is COc1ccc(C(=O)S(=O)[O-])c(O)c1. The molecule has 1 atom stereocenters. The van der Waals surface area contributed by atoms with Crippen molar-refractivity contribution in [2.45, 2.75) is 0 Å². The summed E-state index contributed by atoms with van der Waals surface area (Å²) in [6, 6.07) is 3.74. The molecule has 0 saturated carbocycles. The average Bonchev–Trinajstić information content (AvgIpc) is 2.16. The zero-order valence-corrected chi connectivity index (χ0v) is 8.04. The first-order chi connectivity index (χ1) is 6.56. The van der Waals surface area contributed by atoms with Crippen molar-refractivity contribution < 1.29 is 23.4 Å². The van der Waals surface area contributed by atoms with Crippen LogP contribution < -0.4 is 4.74 Å². The Morgan fingerprint density at radius 1 is 1.57 bits per heavy atom. The van der Waals surface area contributed by atoms with Crippen LogP contribution >= 0.6 is 0 Å². The predicted octanol–water partition coefficient (Wildman–Crippen LogP) is 0.420. The molecule has 0 aliphatic rings. The number of methoxy groups -OCH3 is 1. The van der Waals surface area contributed by atoms with E-state index in [-0.39, 0.29) is 5.56 Å². The Hall–Kier alpha value is -1.40. The summed E-state index contributed by atoms with van der Waals surface area (Å²) >= 11 is -2.87. The van der Waals surface area contributed by atoms with Crippen molar-refractivity contribution in [1.82, 2.24) is 0 Å². The van der Waals surface area contributed by atoms with E-state index >= 15 is 0 Å². The van der Waals surface area contributed by atoms with Gasteiger partial charge in [0.25, 0.3) is 0 Å². The molecule has 1 rings (SSSR count). The molecule has 5 nitrogen and oxygen atoms in total. The monoisotopic (exact) mass is 215 g/mol. The lowest BCUT2D eigenvalue weighted by Gasteiger charge is -2.07. The van der Waals surface area contributed by atoms with Crippen molar-refractivity contribution >= 4 is 16.2 Å². The molecule has 0 bridgehead atoms. The quantitative estimate of drug-likeness (QED) is 0.722. The van der Waals surface area contributed by atoms with Crippen molar-refractivity contribution in [3.8, 4) is 11.5 Å². The molecule has 6 heteroatoms. The van der Waals surface area contributed by atoms with E-state index in [0.29, 0.717) is 5.75 Å². The number of hydrogen-bond donors (Lipinski definition) is 1. The third kappa shape index (κ3) is 2.09. The van der Waals surface area contributed by atoms with Gasteiger partial charge >= 0.3 is 0 Å². The van der Waals surface area contributed by atoms with E-state index < -0.39 is 21.9 Å². The Bertz CT molecular complexity index is 387. The Labute approximate surface area is 82.6 Å². The third-order valence-electron chi connectivity index (χ3n) is 1.58. The zero-order valence-electron chi connectivity index (χ0n) is 7.22. The van der Waals surface area contributed by atoms with Gasteiger partial charge in [-0.15, -0.1) is 0 Å². The lowest BCUT2D eigenvalue weighted by molar-refractivity contribution is 0.107. The largest absolute Gasteiger partial charge is 0.766 e. The van der Waals surface area contributed by atoms with Gasteiger partial charge in [-0.25, -0.2) is 0 Å². The number of ether oxygens (including phenoxy) is 1. The Kier molecular flexibility index (Phi) is 3.21. The Balaban J connectivity index is 3.12. The number of phenols is 1. The third-order valence-corrected chi connectivity index (χ3v) is 2.10. The number of phenolic OH excluding ortho intramolecular Hbond substituents is 1. The molecular formula is C8H7O5S-. The molecule has 0 amide bonds. The molecule has 0 aliphatic heterocycles. The number of carbonyl (C=O) groups is 1.